The number of nitrogens with zero attached hydrogens (tertiary/aromatic N) is 2. The predicted molar refractivity (Wildman–Crippen MR) is 65.3 cm³/mol. The molecular weight excluding hydrogens is 259 g/mol. The Morgan fingerprint density at radius 2 is 2.17 bits per heavy atom. The minimum absolute atomic E-state index is 0.0531. The third-order valence-electron chi connectivity index (χ3n) is 2.63. The zero-order valence-corrected chi connectivity index (χ0v) is 10.5. The van der Waals surface area contributed by atoms with Crippen molar-refractivity contribution in [2.45, 2.75) is 6.92 Å². The Morgan fingerprint density at radius 3 is 2.72 bits per heavy atom. The molecule has 0 saturated heterocycles. The van der Waals surface area contributed by atoms with E-state index in [1.54, 1.807) is 14.0 Å². The van der Waals surface area contributed by atoms with Gasteiger partial charge in [0, 0.05) is 12.6 Å². The second-order valence-corrected chi connectivity index (χ2v) is 4.27. The van der Waals surface area contributed by atoms with Crippen LogP contribution in [0.5, 0.6) is 0 Å². The summed E-state index contributed by atoms with van der Waals surface area (Å²) in [5.41, 5.74) is 1.42. The van der Waals surface area contributed by atoms with Crippen LogP contribution in [0.15, 0.2) is 18.2 Å². The van der Waals surface area contributed by atoms with Crippen LogP contribution in [-0.2, 0) is 7.05 Å². The van der Waals surface area contributed by atoms with Gasteiger partial charge < -0.3 is 5.11 Å². The number of aryl methyl sites for hydroxylation is 2. The van der Waals surface area contributed by atoms with Gasteiger partial charge in [-0.15, -0.1) is 0 Å². The minimum Gasteiger partial charge on any atom is -0.478 e. The third-order valence-corrected chi connectivity index (χ3v) is 2.92. The van der Waals surface area contributed by atoms with Crippen LogP contribution in [-0.4, -0.2) is 20.9 Å². The highest BCUT2D eigenvalue weighted by molar-refractivity contribution is 6.31. The van der Waals surface area contributed by atoms with Crippen molar-refractivity contribution in [2.75, 3.05) is 0 Å². The molecule has 4 nitrogen and oxygen atoms in total. The predicted octanol–water partition coefficient (Wildman–Crippen LogP) is 2.89. The van der Waals surface area contributed by atoms with E-state index >= 15 is 0 Å². The summed E-state index contributed by atoms with van der Waals surface area (Å²) in [7, 11) is 1.63. The van der Waals surface area contributed by atoms with E-state index in [0.717, 1.165) is 0 Å². The van der Waals surface area contributed by atoms with E-state index in [4.69, 9.17) is 11.6 Å². The van der Waals surface area contributed by atoms with Gasteiger partial charge in [-0.2, -0.15) is 5.10 Å². The van der Waals surface area contributed by atoms with Gasteiger partial charge in [0.1, 0.15) is 11.4 Å². The summed E-state index contributed by atoms with van der Waals surface area (Å²) in [5, 5.41) is 13.2. The molecule has 2 aromatic rings. The normalized spacial score (nSPS) is 10.7. The maximum Gasteiger partial charge on any atom is 0.339 e. The van der Waals surface area contributed by atoms with E-state index in [1.165, 1.54) is 22.9 Å². The van der Waals surface area contributed by atoms with Crippen molar-refractivity contribution in [1.82, 2.24) is 9.78 Å². The Labute approximate surface area is 108 Å². The number of hydrogen-bond acceptors (Lipinski definition) is 2. The second-order valence-electron chi connectivity index (χ2n) is 3.87. The van der Waals surface area contributed by atoms with Crippen LogP contribution in [0.2, 0.25) is 5.02 Å². The Kier molecular flexibility index (Phi) is 3.09. The Balaban J connectivity index is 2.70. The average molecular weight is 269 g/mol. The molecule has 1 aromatic carbocycles. The molecule has 0 radical (unpaired) electrons. The monoisotopic (exact) mass is 268 g/mol. The van der Waals surface area contributed by atoms with Crippen molar-refractivity contribution in [3.8, 4) is 11.3 Å². The van der Waals surface area contributed by atoms with Crippen LogP contribution in [0.25, 0.3) is 11.3 Å². The van der Waals surface area contributed by atoms with Crippen molar-refractivity contribution < 1.29 is 14.3 Å². The first-order valence-electron chi connectivity index (χ1n) is 5.14. The highest BCUT2D eigenvalue weighted by Crippen LogP contribution is 2.28. The summed E-state index contributed by atoms with van der Waals surface area (Å²) < 4.78 is 14.6. The molecule has 1 heterocycles. The van der Waals surface area contributed by atoms with Crippen molar-refractivity contribution in [1.29, 1.82) is 0 Å². The van der Waals surface area contributed by atoms with Gasteiger partial charge in [-0.05, 0) is 25.1 Å². The van der Waals surface area contributed by atoms with Gasteiger partial charge in [0.05, 0.1) is 16.4 Å². The van der Waals surface area contributed by atoms with Crippen LogP contribution in [0.3, 0.4) is 0 Å². The Hall–Kier alpha value is -1.88. The topological polar surface area (TPSA) is 55.1 Å². The summed E-state index contributed by atoms with van der Waals surface area (Å²) >= 11 is 5.70. The zero-order valence-electron chi connectivity index (χ0n) is 9.74. The molecule has 0 amide bonds. The molecule has 0 atom stereocenters. The number of aromatic nitrogens is 2. The minimum atomic E-state index is -1.07. The fourth-order valence-electron chi connectivity index (χ4n) is 1.89. The van der Waals surface area contributed by atoms with Crippen LogP contribution in [0, 0.1) is 12.7 Å². The Morgan fingerprint density at radius 1 is 1.50 bits per heavy atom. The quantitative estimate of drug-likeness (QED) is 0.911. The lowest BCUT2D eigenvalue weighted by Crippen LogP contribution is -2.01. The molecule has 1 aromatic heterocycles. The first-order valence-corrected chi connectivity index (χ1v) is 5.52. The fourth-order valence-corrected chi connectivity index (χ4v) is 2.07. The first-order chi connectivity index (χ1) is 8.41. The fraction of sp³-hybridized carbons (Fsp3) is 0.167. The molecule has 1 N–H and O–H groups in total. The van der Waals surface area contributed by atoms with Crippen LogP contribution in [0.1, 0.15) is 16.1 Å². The van der Waals surface area contributed by atoms with Gasteiger partial charge in [0.2, 0.25) is 0 Å². The van der Waals surface area contributed by atoms with E-state index < -0.39 is 11.8 Å². The van der Waals surface area contributed by atoms with E-state index in [-0.39, 0.29) is 10.6 Å². The summed E-state index contributed by atoms with van der Waals surface area (Å²) in [6.07, 6.45) is 0. The summed E-state index contributed by atoms with van der Waals surface area (Å²) in [6.45, 7) is 1.61. The van der Waals surface area contributed by atoms with Crippen LogP contribution < -0.4 is 0 Å². The first kappa shape index (κ1) is 12.6. The van der Waals surface area contributed by atoms with Gasteiger partial charge in [-0.3, -0.25) is 4.68 Å². The summed E-state index contributed by atoms with van der Waals surface area (Å²) in [5.74, 6) is -1.62. The number of carboxylic acids is 1. The Bertz CT molecular complexity index is 637. The number of aromatic carboxylic acids is 1. The van der Waals surface area contributed by atoms with Gasteiger partial charge in [0.15, 0.2) is 0 Å². The smallest absolute Gasteiger partial charge is 0.339 e. The lowest BCUT2D eigenvalue weighted by atomic mass is 10.1. The molecular formula is C12H10ClFN2O2. The maximum atomic E-state index is 13.1. The molecule has 0 saturated carbocycles. The largest absolute Gasteiger partial charge is 0.478 e. The molecule has 0 aliphatic rings. The van der Waals surface area contributed by atoms with Gasteiger partial charge >= 0.3 is 5.97 Å². The molecule has 6 heteroatoms. The molecule has 0 bridgehead atoms. The van der Waals surface area contributed by atoms with E-state index in [9.17, 15) is 14.3 Å². The van der Waals surface area contributed by atoms with Crippen LogP contribution in [0.4, 0.5) is 4.39 Å². The van der Waals surface area contributed by atoms with Crippen molar-refractivity contribution in [3.05, 3.63) is 40.3 Å². The molecule has 0 aliphatic carbocycles. The molecule has 0 spiro atoms. The van der Waals surface area contributed by atoms with Crippen molar-refractivity contribution >= 4 is 17.6 Å². The molecule has 2 rings (SSSR count). The standard InChI is InChI=1S/C12H10ClFN2O2/c1-6-10(12(17)18)11(16(2)15-6)7-3-4-9(14)8(13)5-7/h3-5H,1-2H3,(H,17,18). The zero-order chi connectivity index (χ0) is 13.4. The van der Waals surface area contributed by atoms with E-state index in [2.05, 4.69) is 5.10 Å². The van der Waals surface area contributed by atoms with Gasteiger partial charge in [-0.1, -0.05) is 11.6 Å². The van der Waals surface area contributed by atoms with Gasteiger partial charge in [-0.25, -0.2) is 9.18 Å². The number of halogens is 2. The lowest BCUT2D eigenvalue weighted by Gasteiger charge is -2.05. The molecule has 0 unspecified atom stereocenters. The molecule has 0 fully saturated rings. The van der Waals surface area contributed by atoms with E-state index in [1.807, 2.05) is 0 Å². The van der Waals surface area contributed by atoms with Crippen molar-refractivity contribution in [3.63, 3.8) is 0 Å². The molecule has 0 aliphatic heterocycles. The van der Waals surface area contributed by atoms with Crippen molar-refractivity contribution in [2.24, 2.45) is 7.05 Å². The number of carbonyl (C=O) groups is 1. The summed E-state index contributed by atoms with van der Waals surface area (Å²) in [6, 6.07) is 4.06. The second kappa shape index (κ2) is 4.42. The molecule has 94 valence electrons. The van der Waals surface area contributed by atoms with Gasteiger partial charge in [0.25, 0.3) is 0 Å². The maximum absolute atomic E-state index is 13.1. The average Bonchev–Trinajstić information content (AvgIpc) is 2.57. The third kappa shape index (κ3) is 1.97. The number of hydrogen-bond donors (Lipinski definition) is 1. The number of rotatable bonds is 2. The number of carboxylic acid groups (broad SMARTS) is 1. The van der Waals surface area contributed by atoms with E-state index in [0.29, 0.717) is 17.0 Å². The molecule has 18 heavy (non-hydrogen) atoms. The highest BCUT2D eigenvalue weighted by Gasteiger charge is 2.21. The lowest BCUT2D eigenvalue weighted by molar-refractivity contribution is 0.0697. The summed E-state index contributed by atoms with van der Waals surface area (Å²) in [4.78, 5) is 11.2. The van der Waals surface area contributed by atoms with Crippen LogP contribution >= 0.6 is 11.6 Å². The number of benzene rings is 1. The highest BCUT2D eigenvalue weighted by atomic mass is 35.5. The SMILES string of the molecule is Cc1nn(C)c(-c2ccc(F)c(Cl)c2)c1C(=O)O.